The summed E-state index contributed by atoms with van der Waals surface area (Å²) in [6.07, 6.45) is 6.52. The molecule has 0 N–H and O–H groups in total. The summed E-state index contributed by atoms with van der Waals surface area (Å²) in [5.41, 5.74) is 1.26. The number of nitrogens with zero attached hydrogens (tertiary/aromatic N) is 1. The summed E-state index contributed by atoms with van der Waals surface area (Å²) in [5.74, 6) is 0.709. The third-order valence-electron chi connectivity index (χ3n) is 4.24. The molecule has 1 aromatic rings. The highest BCUT2D eigenvalue weighted by atomic mass is 32.1. The lowest BCUT2D eigenvalue weighted by Crippen LogP contribution is -2.26. The molecule has 0 radical (unpaired) electrons. The van der Waals surface area contributed by atoms with Gasteiger partial charge < -0.3 is 14.0 Å². The van der Waals surface area contributed by atoms with Gasteiger partial charge in [-0.05, 0) is 44.4 Å². The van der Waals surface area contributed by atoms with Gasteiger partial charge in [-0.25, -0.2) is 0 Å². The Balaban J connectivity index is 1.59. The Hall–Kier alpha value is -0.650. The van der Waals surface area contributed by atoms with Crippen LogP contribution in [0.2, 0.25) is 0 Å². The minimum absolute atomic E-state index is 0.0612. The van der Waals surface area contributed by atoms with Crippen molar-refractivity contribution in [2.45, 2.75) is 58.3 Å². The predicted octanol–water partition coefficient (Wildman–Crippen LogP) is 2.58. The van der Waals surface area contributed by atoms with E-state index >= 15 is 0 Å². The zero-order valence-corrected chi connectivity index (χ0v) is 12.9. The van der Waals surface area contributed by atoms with Crippen LogP contribution in [0.3, 0.4) is 0 Å². The van der Waals surface area contributed by atoms with Crippen LogP contribution in [0.15, 0.2) is 4.79 Å². The molecule has 0 unspecified atom stereocenters. The van der Waals surface area contributed by atoms with Crippen LogP contribution in [0, 0.1) is 5.92 Å². The maximum atomic E-state index is 12.1. The zero-order chi connectivity index (χ0) is 13.9. The Morgan fingerprint density at radius 2 is 2.30 bits per heavy atom. The molecule has 20 heavy (non-hydrogen) atoms. The van der Waals surface area contributed by atoms with E-state index in [1.807, 2.05) is 4.57 Å². The molecule has 3 rings (SSSR count). The Kier molecular flexibility index (Phi) is 4.58. The molecular formula is C15H23NO3S. The van der Waals surface area contributed by atoms with Crippen LogP contribution in [0.1, 0.15) is 43.2 Å². The van der Waals surface area contributed by atoms with Gasteiger partial charge in [0.05, 0.1) is 13.2 Å². The summed E-state index contributed by atoms with van der Waals surface area (Å²) in [7, 11) is 0. The Morgan fingerprint density at radius 3 is 3.10 bits per heavy atom. The summed E-state index contributed by atoms with van der Waals surface area (Å²) in [5, 5.41) is 0. The van der Waals surface area contributed by atoms with Crippen molar-refractivity contribution in [3.8, 4) is 0 Å². The summed E-state index contributed by atoms with van der Waals surface area (Å²) >= 11 is 1.43. The van der Waals surface area contributed by atoms with E-state index in [1.165, 1.54) is 34.7 Å². The molecule has 1 aliphatic heterocycles. The molecule has 0 saturated carbocycles. The largest absolute Gasteiger partial charge is 0.353 e. The van der Waals surface area contributed by atoms with Crippen LogP contribution < -0.4 is 4.87 Å². The molecule has 4 nitrogen and oxygen atoms in total. The smallest absolute Gasteiger partial charge is 0.307 e. The van der Waals surface area contributed by atoms with E-state index in [0.717, 1.165) is 32.3 Å². The Labute approximate surface area is 123 Å². The van der Waals surface area contributed by atoms with Crippen molar-refractivity contribution in [2.75, 3.05) is 13.2 Å². The molecular weight excluding hydrogens is 274 g/mol. The summed E-state index contributed by atoms with van der Waals surface area (Å²) in [6, 6.07) is 0. The second-order valence-corrected chi connectivity index (χ2v) is 6.95. The molecule has 1 aliphatic carbocycles. The van der Waals surface area contributed by atoms with E-state index < -0.39 is 0 Å². The van der Waals surface area contributed by atoms with E-state index in [1.54, 1.807) is 0 Å². The lowest BCUT2D eigenvalue weighted by Gasteiger charge is -2.23. The van der Waals surface area contributed by atoms with Gasteiger partial charge >= 0.3 is 4.87 Å². The molecule has 2 aliphatic rings. The van der Waals surface area contributed by atoms with Gasteiger partial charge in [-0.15, -0.1) is 0 Å². The van der Waals surface area contributed by atoms with Gasteiger partial charge in [-0.1, -0.05) is 18.3 Å². The Bertz CT molecular complexity index is 502. The summed E-state index contributed by atoms with van der Waals surface area (Å²) in [4.78, 5) is 13.6. The quantitative estimate of drug-likeness (QED) is 0.857. The van der Waals surface area contributed by atoms with Gasteiger partial charge in [0.2, 0.25) is 0 Å². The van der Waals surface area contributed by atoms with E-state index in [-0.39, 0.29) is 11.2 Å². The van der Waals surface area contributed by atoms with Crippen LogP contribution >= 0.6 is 11.3 Å². The fourth-order valence-electron chi connectivity index (χ4n) is 3.06. The number of fused-ring (bicyclic) bond motifs is 1. The molecule has 2 atom stereocenters. The highest BCUT2D eigenvalue weighted by molar-refractivity contribution is 7.09. The summed E-state index contributed by atoms with van der Waals surface area (Å²) < 4.78 is 13.2. The zero-order valence-electron chi connectivity index (χ0n) is 12.1. The molecule has 0 bridgehead atoms. The second kappa shape index (κ2) is 6.41. The average Bonchev–Trinajstić information content (AvgIpc) is 2.75. The molecule has 0 amide bonds. The first kappa shape index (κ1) is 14.3. The first-order valence-corrected chi connectivity index (χ1v) is 8.50. The van der Waals surface area contributed by atoms with Gasteiger partial charge in [-0.3, -0.25) is 4.79 Å². The normalized spacial score (nSPS) is 26.4. The maximum absolute atomic E-state index is 12.1. The third-order valence-corrected chi connectivity index (χ3v) is 5.29. The van der Waals surface area contributed by atoms with Gasteiger partial charge in [0.1, 0.15) is 0 Å². The van der Waals surface area contributed by atoms with Crippen molar-refractivity contribution < 1.29 is 9.47 Å². The molecule has 5 heteroatoms. The molecule has 1 aromatic heterocycles. The van der Waals surface area contributed by atoms with Crippen LogP contribution in [0.25, 0.3) is 0 Å². The monoisotopic (exact) mass is 297 g/mol. The number of hydrogen-bond donors (Lipinski definition) is 0. The first-order valence-electron chi connectivity index (χ1n) is 7.68. The molecule has 0 aromatic carbocycles. The number of rotatable bonds is 4. The minimum Gasteiger partial charge on any atom is -0.353 e. The van der Waals surface area contributed by atoms with Gasteiger partial charge in [-0.2, -0.15) is 0 Å². The fourth-order valence-corrected chi connectivity index (χ4v) is 4.28. The van der Waals surface area contributed by atoms with Crippen molar-refractivity contribution in [3.05, 3.63) is 20.2 Å². The molecule has 1 saturated heterocycles. The van der Waals surface area contributed by atoms with Crippen LogP contribution in [-0.4, -0.2) is 24.1 Å². The number of aromatic nitrogens is 1. The van der Waals surface area contributed by atoms with Crippen molar-refractivity contribution in [3.63, 3.8) is 0 Å². The van der Waals surface area contributed by atoms with Crippen LogP contribution in [0.5, 0.6) is 0 Å². The van der Waals surface area contributed by atoms with Crippen molar-refractivity contribution >= 4 is 11.3 Å². The SMILES string of the molecule is C[C@@H]1CCc2c(sc(=O)n2CCO[C@@H]2CCCCO2)C1. The van der Waals surface area contributed by atoms with E-state index in [4.69, 9.17) is 9.47 Å². The highest BCUT2D eigenvalue weighted by Gasteiger charge is 2.22. The summed E-state index contributed by atoms with van der Waals surface area (Å²) in [6.45, 7) is 4.31. The van der Waals surface area contributed by atoms with E-state index in [2.05, 4.69) is 6.92 Å². The number of thiazole rings is 1. The van der Waals surface area contributed by atoms with Gasteiger partial charge in [0.15, 0.2) is 6.29 Å². The fraction of sp³-hybridized carbons (Fsp3) is 0.800. The second-order valence-electron chi connectivity index (χ2n) is 5.90. The minimum atomic E-state index is -0.0612. The predicted molar refractivity (Wildman–Crippen MR) is 79.3 cm³/mol. The third kappa shape index (κ3) is 3.15. The van der Waals surface area contributed by atoms with Crippen molar-refractivity contribution in [1.29, 1.82) is 0 Å². The molecule has 0 spiro atoms. The topological polar surface area (TPSA) is 40.5 Å². The number of hydrogen-bond acceptors (Lipinski definition) is 4. The lowest BCUT2D eigenvalue weighted by molar-refractivity contribution is -0.163. The molecule has 2 heterocycles. The van der Waals surface area contributed by atoms with Gasteiger partial charge in [0, 0.05) is 17.2 Å². The number of ether oxygens (including phenoxy) is 2. The highest BCUT2D eigenvalue weighted by Crippen LogP contribution is 2.27. The van der Waals surface area contributed by atoms with Gasteiger partial charge in [0.25, 0.3) is 0 Å². The van der Waals surface area contributed by atoms with Crippen molar-refractivity contribution in [1.82, 2.24) is 4.57 Å². The average molecular weight is 297 g/mol. The molecule has 1 fully saturated rings. The van der Waals surface area contributed by atoms with E-state index in [0.29, 0.717) is 19.1 Å². The first-order chi connectivity index (χ1) is 9.74. The van der Waals surface area contributed by atoms with Crippen molar-refractivity contribution in [2.24, 2.45) is 5.92 Å². The standard InChI is InChI=1S/C15H23NO3S/c1-11-5-6-12-13(10-11)20-15(17)16(12)7-9-19-14-4-2-3-8-18-14/h11,14H,2-10H2,1H3/t11-,14-/m1/s1. The molecule has 112 valence electrons. The van der Waals surface area contributed by atoms with Crippen LogP contribution in [-0.2, 0) is 28.9 Å². The lowest BCUT2D eigenvalue weighted by atomic mass is 9.93. The van der Waals surface area contributed by atoms with E-state index in [9.17, 15) is 4.79 Å². The maximum Gasteiger partial charge on any atom is 0.307 e. The Morgan fingerprint density at radius 1 is 1.40 bits per heavy atom. The van der Waals surface area contributed by atoms with Crippen LogP contribution in [0.4, 0.5) is 0 Å².